The van der Waals surface area contributed by atoms with E-state index in [0.29, 0.717) is 31.4 Å². The van der Waals surface area contributed by atoms with E-state index in [0.717, 1.165) is 164 Å². The van der Waals surface area contributed by atoms with Gasteiger partial charge >= 0.3 is 5.97 Å². The van der Waals surface area contributed by atoms with Crippen LogP contribution >= 0.6 is 0 Å². The molecule has 89 heavy (non-hydrogen) atoms. The third kappa shape index (κ3) is 34.9. The van der Waals surface area contributed by atoms with Crippen LogP contribution in [-0.4, -0.2) is 180 Å². The summed E-state index contributed by atoms with van der Waals surface area (Å²) in [7, 11) is 0. The molecule has 0 radical (unpaired) electrons. The maximum absolute atomic E-state index is 12.8. The summed E-state index contributed by atoms with van der Waals surface area (Å²) in [6.45, 7) is 2.42. The van der Waals surface area contributed by atoms with Crippen LogP contribution in [-0.2, 0) is 52.7 Å². The van der Waals surface area contributed by atoms with Gasteiger partial charge in [0.25, 0.3) is 0 Å². The van der Waals surface area contributed by atoms with E-state index >= 15 is 0 Å². The van der Waals surface area contributed by atoms with Crippen molar-refractivity contribution >= 4 is 62.5 Å². The van der Waals surface area contributed by atoms with E-state index in [-0.39, 0.29) is 63.7 Å². The van der Waals surface area contributed by atoms with Crippen LogP contribution in [0.3, 0.4) is 0 Å². The molecule has 0 heterocycles. The number of carbonyl (C=O) groups is 10. The molecular formula is C67H76O22. The lowest BCUT2D eigenvalue weighted by Crippen LogP contribution is -2.21. The Morgan fingerprint density at radius 1 is 0.438 bits per heavy atom. The number of rotatable bonds is 39. The van der Waals surface area contributed by atoms with E-state index in [1.165, 1.54) is 6.92 Å². The molecule has 0 aromatic carbocycles. The topological polar surface area (TPSA) is 402 Å². The molecule has 0 saturated heterocycles. The van der Waals surface area contributed by atoms with Gasteiger partial charge in [0.1, 0.15) is 68.8 Å². The molecule has 0 rings (SSSR count). The van der Waals surface area contributed by atoms with Crippen LogP contribution < -0.4 is 0 Å². The minimum atomic E-state index is -2.40. The number of hydrogen-bond donors (Lipinski definition) is 11. The molecule has 0 aromatic heterocycles. The largest absolute Gasteiger partial charge is 0.495 e. The molecule has 0 spiro atoms. The second kappa shape index (κ2) is 50.5. The monoisotopic (exact) mass is 1230 g/mol. The maximum atomic E-state index is 12.8. The first-order valence-corrected chi connectivity index (χ1v) is 25.8. The van der Waals surface area contributed by atoms with Crippen LogP contribution in [0.5, 0.6) is 0 Å². The fraction of sp³-hybridized carbons (Fsp3) is 0.239. The van der Waals surface area contributed by atoms with Gasteiger partial charge in [-0.1, -0.05) is 70.9 Å². The molecule has 10 unspecified atom stereocenters. The van der Waals surface area contributed by atoms with Crippen molar-refractivity contribution < 1.29 is 109 Å². The highest BCUT2D eigenvalue weighted by atomic mass is 16.5. The molecule has 0 fully saturated rings. The second-order valence-electron chi connectivity index (χ2n) is 17.2. The predicted octanol–water partition coefficient (Wildman–Crippen LogP) is 2.78. The number of allylic oxidation sites excluding steroid dienone is 13. The molecule has 0 bridgehead atoms. The van der Waals surface area contributed by atoms with Gasteiger partial charge in [0.15, 0.2) is 0 Å². The normalized spacial score (nSPS) is 17.0. The zero-order valence-corrected chi connectivity index (χ0v) is 47.0. The molecule has 10 atom stereocenters. The summed E-state index contributed by atoms with van der Waals surface area (Å²) in [6, 6.07) is 0. The molecule has 0 aliphatic rings. The summed E-state index contributed by atoms with van der Waals surface area (Å²) in [4.78, 5) is 116. The SMILES string of the molecule is C.C.CCC(C)C(=O)OC#CC(O)=C=CC(O)C(=C\C(O)C(=C/C(O)C(/C=C/C=O)=C/C(O)/C=C/C=O)/C(/C=C/C=O)=C/C(O)/C=C/C=O)/C(=C/C(O)C(/C=C/C=O)=C/C(O)/C=C/C=O)C(=C/C(O)C(=C\CO)/C=C/C=O)/C(/C=C/C=O)=C/C(O)/C=C/C=O. The summed E-state index contributed by atoms with van der Waals surface area (Å²) in [5.41, 5.74) is -2.10. The Labute approximate surface area is 516 Å². The Morgan fingerprint density at radius 2 is 0.809 bits per heavy atom. The number of aliphatic hydroxyl groups is 11. The Balaban J connectivity index is -0.0000370. The molecule has 22 heteroatoms. The quantitative estimate of drug-likeness (QED) is 0.00801. The summed E-state index contributed by atoms with van der Waals surface area (Å²) < 4.78 is 4.87. The van der Waals surface area contributed by atoms with Crippen molar-refractivity contribution in [3.8, 4) is 12.0 Å². The lowest BCUT2D eigenvalue weighted by Gasteiger charge is -2.25. The van der Waals surface area contributed by atoms with E-state index in [9.17, 15) is 104 Å². The first-order valence-electron chi connectivity index (χ1n) is 25.8. The van der Waals surface area contributed by atoms with Crippen LogP contribution in [0, 0.1) is 17.9 Å². The Morgan fingerprint density at radius 3 is 1.25 bits per heavy atom. The first-order chi connectivity index (χ1) is 41.7. The molecule has 0 aliphatic heterocycles. The molecule has 0 amide bonds. The van der Waals surface area contributed by atoms with Crippen LogP contribution in [0.25, 0.3) is 0 Å². The molecular weight excluding hydrogens is 1160 g/mol. The second-order valence-corrected chi connectivity index (χ2v) is 17.2. The van der Waals surface area contributed by atoms with Gasteiger partial charge in [-0.15, -0.1) is 0 Å². The fourth-order valence-corrected chi connectivity index (χ4v) is 6.85. The molecule has 22 nitrogen and oxygen atoms in total. The molecule has 0 aliphatic carbocycles. The molecule has 0 saturated carbocycles. The number of ether oxygens (including phenoxy) is 1. The van der Waals surface area contributed by atoms with Crippen molar-refractivity contribution in [3.05, 3.63) is 232 Å². The number of aliphatic hydroxyl groups excluding tert-OH is 11. The van der Waals surface area contributed by atoms with Gasteiger partial charge in [-0.2, -0.15) is 0 Å². The number of carbonyl (C=O) groups excluding carboxylic acids is 10. The van der Waals surface area contributed by atoms with Gasteiger partial charge in [0, 0.05) is 5.92 Å². The average Bonchev–Trinajstić information content (AvgIpc) is 3.50. The minimum absolute atomic E-state index is 0. The van der Waals surface area contributed by atoms with Gasteiger partial charge < -0.3 is 60.9 Å². The summed E-state index contributed by atoms with van der Waals surface area (Å²) in [5.74, 6) is -0.383. The van der Waals surface area contributed by atoms with Crippen molar-refractivity contribution in [2.45, 2.75) is 90.1 Å². The van der Waals surface area contributed by atoms with Crippen LogP contribution in [0.15, 0.2) is 232 Å². The Hall–Kier alpha value is -9.70. The Kier molecular flexibility index (Phi) is 47.3. The maximum Gasteiger partial charge on any atom is 0.322 e. The zero-order valence-electron chi connectivity index (χ0n) is 47.0. The van der Waals surface area contributed by atoms with Gasteiger partial charge in [0.05, 0.1) is 61.4 Å². The van der Waals surface area contributed by atoms with Crippen LogP contribution in [0.4, 0.5) is 0 Å². The van der Waals surface area contributed by atoms with E-state index in [1.807, 2.05) is 6.11 Å². The average molecular weight is 1230 g/mol. The fourth-order valence-electron chi connectivity index (χ4n) is 6.85. The summed E-state index contributed by atoms with van der Waals surface area (Å²) in [5, 5.41) is 126. The number of aldehydes is 9. The van der Waals surface area contributed by atoms with Crippen molar-refractivity contribution in [3.63, 3.8) is 0 Å². The van der Waals surface area contributed by atoms with Crippen LogP contribution in [0.1, 0.15) is 35.1 Å². The number of esters is 1. The summed E-state index contributed by atoms with van der Waals surface area (Å²) >= 11 is 0. The zero-order chi connectivity index (χ0) is 65.5. The standard InChI is InChI=1S/C65H68O22.2CH4/c1-3-45(2)65(86)87-36-25-51(76)22-23-60(81)59(44-64(85)57(48(15-6-28-68)38-53(78)19-10-32-72)42-62(83)49(16-7-29-69)39-54(79)20-11-33-73)58(43-63(84)50(17-8-30-70)40-55(80)21-12-34-74)56(41-61(82)46(24-35-75)13-4-26-66)47(14-5-27-67)37-52(77)18-9-31-71;;/h4-21,23-24,26-34,37-45,52-55,60-64,75-85H,3,35H2,1-2H3;2*1H4/b13-4+,14-5+,15-6+,16-7+,17-8+,18-9+,19-10+,20-11+,21-12+,46-24-,47-37+,48-38+,49-39+,50-40+,56-41+,57-42+,58-43+,59-44-;;. The highest BCUT2D eigenvalue weighted by Gasteiger charge is 2.27. The van der Waals surface area contributed by atoms with Gasteiger partial charge in [-0.25, -0.2) is 0 Å². The minimum Gasteiger partial charge on any atom is -0.495 e. The third-order valence-corrected chi connectivity index (χ3v) is 11.1. The lowest BCUT2D eigenvalue weighted by molar-refractivity contribution is -0.141. The Bertz CT molecular complexity index is 3080. The summed E-state index contributed by atoms with van der Waals surface area (Å²) in [6.07, 6.45) is 11.9. The third-order valence-electron chi connectivity index (χ3n) is 11.1. The van der Waals surface area contributed by atoms with Crippen LogP contribution in [0.2, 0.25) is 0 Å². The van der Waals surface area contributed by atoms with E-state index in [2.05, 4.69) is 11.7 Å². The molecule has 11 N–H and O–H groups in total. The number of hydrogen-bond acceptors (Lipinski definition) is 22. The smallest absolute Gasteiger partial charge is 0.322 e. The van der Waals surface area contributed by atoms with Gasteiger partial charge in [-0.3, -0.25) is 47.9 Å². The first kappa shape index (κ1) is 83.5. The van der Waals surface area contributed by atoms with E-state index in [4.69, 9.17) is 4.74 Å². The predicted molar refractivity (Wildman–Crippen MR) is 332 cm³/mol. The lowest BCUT2D eigenvalue weighted by atomic mass is 9.83. The van der Waals surface area contributed by atoms with Crippen molar-refractivity contribution in [2.24, 2.45) is 5.92 Å². The van der Waals surface area contributed by atoms with Gasteiger partial charge in [-0.05, 0) is 190 Å². The molecule has 0 aromatic rings. The van der Waals surface area contributed by atoms with E-state index in [1.54, 1.807) is 6.92 Å². The molecule has 476 valence electrons. The van der Waals surface area contributed by atoms with E-state index < -0.39 is 118 Å². The van der Waals surface area contributed by atoms with Crippen molar-refractivity contribution in [2.75, 3.05) is 6.61 Å². The highest BCUT2D eigenvalue weighted by molar-refractivity contribution is 5.74. The van der Waals surface area contributed by atoms with Gasteiger partial charge in [0.2, 0.25) is 5.76 Å². The highest BCUT2D eigenvalue weighted by Crippen LogP contribution is 2.35. The van der Waals surface area contributed by atoms with Crippen molar-refractivity contribution in [1.82, 2.24) is 0 Å². The van der Waals surface area contributed by atoms with Crippen molar-refractivity contribution in [1.29, 1.82) is 0 Å².